The van der Waals surface area contributed by atoms with Crippen LogP contribution in [0.1, 0.15) is 44.6 Å². The Balaban J connectivity index is 1.60. The summed E-state index contributed by atoms with van der Waals surface area (Å²) in [4.78, 5) is 8.94. The van der Waals surface area contributed by atoms with E-state index in [4.69, 9.17) is 4.99 Å². The van der Waals surface area contributed by atoms with Crippen LogP contribution in [0.5, 0.6) is 0 Å². The summed E-state index contributed by atoms with van der Waals surface area (Å²) in [6, 6.07) is 30.3. The summed E-state index contributed by atoms with van der Waals surface area (Å²) >= 11 is 0. The Hall–Kier alpha value is -4.17. The molecule has 1 aromatic heterocycles. The van der Waals surface area contributed by atoms with Gasteiger partial charge in [0.15, 0.2) is 0 Å². The average Bonchev–Trinajstić information content (AvgIpc) is 3.39. The van der Waals surface area contributed by atoms with E-state index in [1.54, 1.807) is 0 Å². The largest absolute Gasteiger partial charge is 0.354 e. The van der Waals surface area contributed by atoms with Gasteiger partial charge in [0.1, 0.15) is 0 Å². The van der Waals surface area contributed by atoms with E-state index in [2.05, 4.69) is 124 Å². The average molecular weight is 453 g/mol. The lowest BCUT2D eigenvalue weighted by Crippen LogP contribution is -2.01. The van der Waals surface area contributed by atoms with Gasteiger partial charge in [-0.3, -0.25) is 0 Å². The molecule has 170 valence electrons. The Morgan fingerprint density at radius 2 is 1.14 bits per heavy atom. The third-order valence-electron chi connectivity index (χ3n) is 7.24. The van der Waals surface area contributed by atoms with Gasteiger partial charge in [0.25, 0.3) is 0 Å². The van der Waals surface area contributed by atoms with E-state index in [-0.39, 0.29) is 0 Å². The molecule has 2 heteroatoms. The first-order valence-corrected chi connectivity index (χ1v) is 12.2. The van der Waals surface area contributed by atoms with Gasteiger partial charge in [0.2, 0.25) is 0 Å². The van der Waals surface area contributed by atoms with Crippen molar-refractivity contribution in [2.45, 2.75) is 27.7 Å². The van der Waals surface area contributed by atoms with Crippen molar-refractivity contribution in [2.75, 3.05) is 0 Å². The number of rotatable bonds is 3. The molecule has 0 radical (unpaired) electrons. The van der Waals surface area contributed by atoms with E-state index in [0.717, 1.165) is 28.4 Å². The molecule has 5 aromatic rings. The summed E-state index contributed by atoms with van der Waals surface area (Å²) in [5, 5.41) is 2.48. The van der Waals surface area contributed by atoms with Crippen molar-refractivity contribution in [3.05, 3.63) is 130 Å². The Morgan fingerprint density at radius 1 is 0.600 bits per heavy atom. The number of aliphatic imine (C=N–C) groups is 1. The van der Waals surface area contributed by atoms with Gasteiger partial charge in [0, 0.05) is 33.2 Å². The van der Waals surface area contributed by atoms with Gasteiger partial charge in [-0.25, -0.2) is 4.99 Å². The predicted molar refractivity (Wildman–Crippen MR) is 149 cm³/mol. The number of hydrogen-bond donors (Lipinski definition) is 1. The first kappa shape index (κ1) is 21.4. The van der Waals surface area contributed by atoms with Crippen LogP contribution in [0, 0.1) is 27.7 Å². The summed E-state index contributed by atoms with van der Waals surface area (Å²) in [5.74, 6) is 0. The minimum Gasteiger partial charge on any atom is -0.354 e. The topological polar surface area (TPSA) is 28.1 Å². The van der Waals surface area contributed by atoms with Gasteiger partial charge in [-0.15, -0.1) is 0 Å². The molecule has 0 amide bonds. The molecule has 0 fully saturated rings. The lowest BCUT2D eigenvalue weighted by atomic mass is 9.94. The molecule has 2 nitrogen and oxygen atoms in total. The highest BCUT2D eigenvalue weighted by Gasteiger charge is 2.23. The number of hydrogen-bond acceptors (Lipinski definition) is 1. The molecular formula is C33H28N2. The van der Waals surface area contributed by atoms with Crippen LogP contribution < -0.4 is 0 Å². The highest BCUT2D eigenvalue weighted by Crippen LogP contribution is 2.38. The molecule has 0 saturated heterocycles. The summed E-state index contributed by atoms with van der Waals surface area (Å²) in [7, 11) is 0. The Bertz CT molecular complexity index is 1650. The SMILES string of the molecule is Cc1cc2c(cc1C)C(c1ccccc1)=NC2=Cc1[nH]c(-c2ccccc2)c2cc(C)c(C)cc12. The van der Waals surface area contributed by atoms with Crippen molar-refractivity contribution < 1.29 is 0 Å². The fourth-order valence-corrected chi connectivity index (χ4v) is 4.99. The Morgan fingerprint density at radius 3 is 1.80 bits per heavy atom. The second kappa shape index (κ2) is 8.25. The van der Waals surface area contributed by atoms with Gasteiger partial charge >= 0.3 is 0 Å². The molecule has 0 spiro atoms. The van der Waals surface area contributed by atoms with Crippen LogP contribution in [0.15, 0.2) is 89.9 Å². The van der Waals surface area contributed by atoms with Gasteiger partial charge in [-0.2, -0.15) is 0 Å². The molecule has 0 bridgehead atoms. The highest BCUT2D eigenvalue weighted by molar-refractivity contribution is 6.22. The number of fused-ring (bicyclic) bond motifs is 2. The van der Waals surface area contributed by atoms with Gasteiger partial charge in [-0.1, -0.05) is 60.7 Å². The van der Waals surface area contributed by atoms with Crippen LogP contribution >= 0.6 is 0 Å². The quantitative estimate of drug-likeness (QED) is 0.285. The molecule has 35 heavy (non-hydrogen) atoms. The zero-order valence-corrected chi connectivity index (χ0v) is 20.6. The smallest absolute Gasteiger partial charge is 0.0788 e. The van der Waals surface area contributed by atoms with Crippen LogP contribution in [0.2, 0.25) is 0 Å². The molecule has 1 aliphatic heterocycles. The number of aromatic nitrogens is 1. The maximum atomic E-state index is 5.19. The summed E-state index contributed by atoms with van der Waals surface area (Å²) in [6.45, 7) is 8.72. The minimum atomic E-state index is 1.00. The molecule has 0 unspecified atom stereocenters. The van der Waals surface area contributed by atoms with Crippen LogP contribution in [0.25, 0.3) is 33.8 Å². The van der Waals surface area contributed by atoms with Crippen molar-refractivity contribution in [1.29, 1.82) is 0 Å². The fraction of sp³-hybridized carbons (Fsp3) is 0.121. The van der Waals surface area contributed by atoms with Crippen LogP contribution in [0.3, 0.4) is 0 Å². The van der Waals surface area contributed by atoms with Crippen molar-refractivity contribution in [2.24, 2.45) is 4.99 Å². The molecule has 0 atom stereocenters. The predicted octanol–water partition coefficient (Wildman–Crippen LogP) is 8.42. The van der Waals surface area contributed by atoms with Gasteiger partial charge < -0.3 is 4.98 Å². The molecule has 1 aliphatic rings. The summed E-state index contributed by atoms with van der Waals surface area (Å²) in [5.41, 5.74) is 14.2. The minimum absolute atomic E-state index is 1.00. The van der Waals surface area contributed by atoms with E-state index < -0.39 is 0 Å². The zero-order valence-electron chi connectivity index (χ0n) is 20.6. The first-order chi connectivity index (χ1) is 17.0. The monoisotopic (exact) mass is 452 g/mol. The van der Waals surface area contributed by atoms with Crippen LogP contribution in [-0.2, 0) is 0 Å². The number of nitrogens with zero attached hydrogens (tertiary/aromatic N) is 1. The number of aromatic amines is 1. The van der Waals surface area contributed by atoms with E-state index in [0.29, 0.717) is 0 Å². The van der Waals surface area contributed by atoms with Crippen molar-refractivity contribution in [3.63, 3.8) is 0 Å². The molecule has 0 saturated carbocycles. The van der Waals surface area contributed by atoms with E-state index >= 15 is 0 Å². The van der Waals surface area contributed by atoms with Gasteiger partial charge in [0.05, 0.1) is 17.1 Å². The molecule has 0 aliphatic carbocycles. The van der Waals surface area contributed by atoms with E-state index in [1.165, 1.54) is 49.7 Å². The lowest BCUT2D eigenvalue weighted by Gasteiger charge is -2.08. The summed E-state index contributed by atoms with van der Waals surface area (Å²) < 4.78 is 0. The third kappa shape index (κ3) is 3.63. The third-order valence-corrected chi connectivity index (χ3v) is 7.24. The molecule has 1 N–H and O–H groups in total. The second-order valence-electron chi connectivity index (χ2n) is 9.60. The van der Waals surface area contributed by atoms with Crippen LogP contribution in [0.4, 0.5) is 0 Å². The summed E-state index contributed by atoms with van der Waals surface area (Å²) in [6.07, 6.45) is 2.23. The maximum Gasteiger partial charge on any atom is 0.0788 e. The molecule has 4 aromatic carbocycles. The molecule has 6 rings (SSSR count). The number of H-pyrrole nitrogens is 1. The molecular weight excluding hydrogens is 424 g/mol. The molecule has 2 heterocycles. The fourth-order valence-electron chi connectivity index (χ4n) is 4.99. The highest BCUT2D eigenvalue weighted by atomic mass is 14.8. The zero-order chi connectivity index (χ0) is 24.1. The second-order valence-corrected chi connectivity index (χ2v) is 9.60. The number of nitrogens with one attached hydrogen (secondary N) is 1. The van der Waals surface area contributed by atoms with E-state index in [1.807, 2.05) is 0 Å². The normalized spacial score (nSPS) is 13.9. The van der Waals surface area contributed by atoms with Crippen molar-refractivity contribution in [1.82, 2.24) is 4.98 Å². The van der Waals surface area contributed by atoms with Crippen molar-refractivity contribution in [3.8, 4) is 11.3 Å². The number of aryl methyl sites for hydroxylation is 4. The van der Waals surface area contributed by atoms with E-state index in [9.17, 15) is 0 Å². The maximum absolute atomic E-state index is 5.19. The Kier molecular flexibility index (Phi) is 5.04. The lowest BCUT2D eigenvalue weighted by molar-refractivity contribution is 1.32. The Labute approximate surface area is 206 Å². The standard InChI is InChI=1S/C33H28N2/c1-20-15-26-28(17-22(20)3)32(24-11-7-5-8-12-24)34-30(26)19-31-27-16-21(2)23(4)18-29(27)33(35-31)25-13-9-6-10-14-25/h5-19,34H,1-4H3. The van der Waals surface area contributed by atoms with Gasteiger partial charge in [-0.05, 0) is 85.9 Å². The van der Waals surface area contributed by atoms with Crippen LogP contribution in [-0.4, -0.2) is 10.7 Å². The first-order valence-electron chi connectivity index (χ1n) is 12.2. The van der Waals surface area contributed by atoms with Crippen molar-refractivity contribution >= 4 is 28.3 Å². The number of benzene rings is 4.